The molecule has 1 aliphatic carbocycles. The van der Waals surface area contributed by atoms with Crippen molar-refractivity contribution in [3.8, 4) is 0 Å². The number of hydrogen-bond acceptors (Lipinski definition) is 5. The predicted octanol–water partition coefficient (Wildman–Crippen LogP) is 4.54. The summed E-state index contributed by atoms with van der Waals surface area (Å²) in [5, 5.41) is 12.6. The second kappa shape index (κ2) is 8.34. The van der Waals surface area contributed by atoms with Crippen molar-refractivity contribution in [2.45, 2.75) is 62.9 Å². The Bertz CT molecular complexity index is 1180. The van der Waals surface area contributed by atoms with Gasteiger partial charge in [-0.2, -0.15) is 13.2 Å². The minimum atomic E-state index is -4.52. The number of aliphatic imine (C=N–C) groups is 1. The molecule has 1 aromatic heterocycles. The summed E-state index contributed by atoms with van der Waals surface area (Å²) in [5.74, 6) is 0.0437. The van der Waals surface area contributed by atoms with Crippen LogP contribution in [0.25, 0.3) is 0 Å². The molecule has 180 valence electrons. The number of pyridine rings is 1. The summed E-state index contributed by atoms with van der Waals surface area (Å²) in [7, 11) is 0. The summed E-state index contributed by atoms with van der Waals surface area (Å²) in [6.07, 6.45) is -2.06. The molecule has 6 nitrogen and oxygen atoms in total. The summed E-state index contributed by atoms with van der Waals surface area (Å²) >= 11 is 3.49. The van der Waals surface area contributed by atoms with Crippen LogP contribution in [-0.2, 0) is 17.6 Å². The van der Waals surface area contributed by atoms with Crippen LogP contribution in [0.2, 0.25) is 0 Å². The zero-order valence-corrected chi connectivity index (χ0v) is 20.1. The van der Waals surface area contributed by atoms with Crippen LogP contribution < -0.4 is 10.2 Å². The molecule has 3 aliphatic rings. The van der Waals surface area contributed by atoms with Crippen LogP contribution in [0.5, 0.6) is 0 Å². The number of nitrogens with zero attached hydrogens (tertiary/aromatic N) is 3. The fourth-order valence-electron chi connectivity index (χ4n) is 4.98. The Morgan fingerprint density at radius 3 is 2.68 bits per heavy atom. The topological polar surface area (TPSA) is 77.8 Å². The molecule has 0 radical (unpaired) electrons. The highest BCUT2D eigenvalue weighted by Gasteiger charge is 2.49. The number of piperidine rings is 1. The highest BCUT2D eigenvalue weighted by atomic mass is 79.9. The molecule has 2 aromatic rings. The number of aliphatic hydroxyl groups excluding tert-OH is 1. The molecule has 1 amide bonds. The maximum Gasteiger partial charge on any atom is 0.433 e. The van der Waals surface area contributed by atoms with Crippen molar-refractivity contribution in [1.82, 2.24) is 10.3 Å². The van der Waals surface area contributed by atoms with Gasteiger partial charge in [0.05, 0.1) is 12.3 Å². The molecule has 1 saturated carbocycles. The number of hydrogen-bond donors (Lipinski definition) is 2. The number of nitrogens with one attached hydrogen (secondary N) is 1. The lowest BCUT2D eigenvalue weighted by molar-refractivity contribution is -0.141. The summed E-state index contributed by atoms with van der Waals surface area (Å²) in [5.41, 5.74) is 0.651. The van der Waals surface area contributed by atoms with Gasteiger partial charge in [0, 0.05) is 46.2 Å². The maximum absolute atomic E-state index is 13.2. The van der Waals surface area contributed by atoms with Crippen molar-refractivity contribution in [3.05, 3.63) is 57.3 Å². The Kier molecular flexibility index (Phi) is 5.71. The van der Waals surface area contributed by atoms with Gasteiger partial charge in [0.15, 0.2) is 0 Å². The fraction of sp³-hybridized carbons (Fsp3) is 0.458. The van der Waals surface area contributed by atoms with E-state index in [0.717, 1.165) is 34.6 Å². The molecule has 34 heavy (non-hydrogen) atoms. The number of halogens is 4. The summed E-state index contributed by atoms with van der Waals surface area (Å²) < 4.78 is 40.6. The van der Waals surface area contributed by atoms with E-state index < -0.39 is 17.4 Å². The Hall–Kier alpha value is -2.46. The fourth-order valence-corrected chi connectivity index (χ4v) is 5.32. The quantitative estimate of drug-likeness (QED) is 0.601. The first-order valence-corrected chi connectivity index (χ1v) is 12.1. The summed E-state index contributed by atoms with van der Waals surface area (Å²) in [6, 6.07) is 7.99. The largest absolute Gasteiger partial charge is 0.433 e. The number of alkyl halides is 3. The van der Waals surface area contributed by atoms with E-state index in [-0.39, 0.29) is 24.5 Å². The molecule has 1 aromatic carbocycles. The van der Waals surface area contributed by atoms with Crippen LogP contribution in [0.1, 0.15) is 61.0 Å². The van der Waals surface area contributed by atoms with Gasteiger partial charge in [-0.1, -0.05) is 22.0 Å². The van der Waals surface area contributed by atoms with Crippen LogP contribution in [0.3, 0.4) is 0 Å². The molecule has 2 fully saturated rings. The lowest BCUT2D eigenvalue weighted by Gasteiger charge is -2.42. The van der Waals surface area contributed by atoms with Gasteiger partial charge in [-0.3, -0.25) is 9.79 Å². The molecular formula is C24H24BrF3N4O2. The second-order valence-corrected chi connectivity index (χ2v) is 10.2. The number of aliphatic hydroxyl groups is 1. The first-order valence-electron chi connectivity index (χ1n) is 11.3. The van der Waals surface area contributed by atoms with Gasteiger partial charge >= 0.3 is 6.18 Å². The standard InChI is InChI=1S/C24H24BrF3N4O2/c1-13-11-23(8-9-32(13)18-10-16(25)5-4-15(18)12-33)22(34)30-21(31-23)17-6-7-19(24(26,27)28)29-20(17)14-2-3-14/h4-7,10,13-14,33H,2-3,8-9,11-12H2,1H3,(H,30,31,34)/t13-,23+/m0/s1. The average Bonchev–Trinajstić information content (AvgIpc) is 3.58. The van der Waals surface area contributed by atoms with E-state index in [0.29, 0.717) is 36.5 Å². The number of carbonyl (C=O) groups is 1. The van der Waals surface area contributed by atoms with Crippen LogP contribution in [0.4, 0.5) is 18.9 Å². The third-order valence-electron chi connectivity index (χ3n) is 6.87. The number of aromatic nitrogens is 1. The van der Waals surface area contributed by atoms with E-state index >= 15 is 0 Å². The van der Waals surface area contributed by atoms with E-state index in [2.05, 4.69) is 31.1 Å². The van der Waals surface area contributed by atoms with Gasteiger partial charge in [0.2, 0.25) is 0 Å². The number of benzene rings is 1. The summed E-state index contributed by atoms with van der Waals surface area (Å²) in [4.78, 5) is 24.0. The molecule has 0 bridgehead atoms. The third-order valence-corrected chi connectivity index (χ3v) is 7.37. The van der Waals surface area contributed by atoms with Gasteiger partial charge in [0.1, 0.15) is 17.1 Å². The normalized spacial score (nSPS) is 25.0. The van der Waals surface area contributed by atoms with E-state index in [1.807, 2.05) is 25.1 Å². The minimum Gasteiger partial charge on any atom is -0.392 e. The van der Waals surface area contributed by atoms with Gasteiger partial charge in [-0.15, -0.1) is 0 Å². The number of amides is 1. The molecular weight excluding hydrogens is 513 g/mol. The molecule has 1 saturated heterocycles. The first kappa shape index (κ1) is 23.3. The maximum atomic E-state index is 13.2. The molecule has 0 unspecified atom stereocenters. The van der Waals surface area contributed by atoms with Crippen molar-refractivity contribution in [2.75, 3.05) is 11.4 Å². The molecule has 2 aliphatic heterocycles. The van der Waals surface area contributed by atoms with E-state index in [1.54, 1.807) is 0 Å². The van der Waals surface area contributed by atoms with Crippen LogP contribution in [-0.4, -0.2) is 40.0 Å². The number of rotatable bonds is 4. The van der Waals surface area contributed by atoms with E-state index in [4.69, 9.17) is 4.99 Å². The second-order valence-electron chi connectivity index (χ2n) is 9.28. The smallest absolute Gasteiger partial charge is 0.392 e. The summed E-state index contributed by atoms with van der Waals surface area (Å²) in [6.45, 7) is 2.47. The van der Waals surface area contributed by atoms with Crippen molar-refractivity contribution in [1.29, 1.82) is 0 Å². The van der Waals surface area contributed by atoms with Crippen molar-refractivity contribution < 1.29 is 23.1 Å². The van der Waals surface area contributed by atoms with Crippen LogP contribution in [0, 0.1) is 0 Å². The van der Waals surface area contributed by atoms with Gasteiger partial charge in [-0.25, -0.2) is 4.98 Å². The Balaban J connectivity index is 1.45. The van der Waals surface area contributed by atoms with E-state index in [1.165, 1.54) is 6.07 Å². The number of anilines is 1. The number of amidine groups is 1. The van der Waals surface area contributed by atoms with Gasteiger partial charge < -0.3 is 15.3 Å². The molecule has 5 rings (SSSR count). The molecule has 10 heteroatoms. The predicted molar refractivity (Wildman–Crippen MR) is 125 cm³/mol. The molecule has 2 N–H and O–H groups in total. The average molecular weight is 537 g/mol. The van der Waals surface area contributed by atoms with E-state index in [9.17, 15) is 23.1 Å². The monoisotopic (exact) mass is 536 g/mol. The zero-order valence-electron chi connectivity index (χ0n) is 18.5. The van der Waals surface area contributed by atoms with Crippen LogP contribution >= 0.6 is 15.9 Å². The number of carbonyl (C=O) groups excluding carboxylic acids is 1. The van der Waals surface area contributed by atoms with Gasteiger partial charge in [-0.05, 0) is 50.5 Å². The Morgan fingerprint density at radius 2 is 2.03 bits per heavy atom. The van der Waals surface area contributed by atoms with Gasteiger partial charge in [0.25, 0.3) is 5.91 Å². The Labute approximate surface area is 203 Å². The van der Waals surface area contributed by atoms with Crippen molar-refractivity contribution in [2.24, 2.45) is 4.99 Å². The minimum absolute atomic E-state index is 0.0392. The lowest BCUT2D eigenvalue weighted by atomic mass is 9.83. The van der Waals surface area contributed by atoms with Crippen molar-refractivity contribution in [3.63, 3.8) is 0 Å². The Morgan fingerprint density at radius 1 is 1.26 bits per heavy atom. The SMILES string of the molecule is C[C@H]1C[C@@]2(CCN1c1cc(Br)ccc1CO)N=C(c1ccc(C(F)(F)F)nc1C1CC1)NC2=O. The molecule has 1 spiro atoms. The molecule has 2 atom stereocenters. The molecule has 3 heterocycles. The lowest BCUT2D eigenvalue weighted by Crippen LogP contribution is -2.53. The third kappa shape index (κ3) is 4.11. The zero-order chi connectivity index (χ0) is 24.3. The van der Waals surface area contributed by atoms with Crippen LogP contribution in [0.15, 0.2) is 39.8 Å². The first-order chi connectivity index (χ1) is 16.1. The highest BCUT2D eigenvalue weighted by Crippen LogP contribution is 2.43. The highest BCUT2D eigenvalue weighted by molar-refractivity contribution is 9.10. The van der Waals surface area contributed by atoms with Crippen molar-refractivity contribution >= 4 is 33.4 Å².